The second-order valence-electron chi connectivity index (χ2n) is 8.41. The number of hydrogen-bond donors (Lipinski definition) is 2. The Morgan fingerprint density at radius 1 is 1.23 bits per heavy atom. The van der Waals surface area contributed by atoms with E-state index in [1.165, 1.54) is 0 Å². The number of imidazole rings is 1. The van der Waals surface area contributed by atoms with E-state index in [1.807, 2.05) is 36.9 Å². The van der Waals surface area contributed by atoms with Gasteiger partial charge in [-0.15, -0.1) is 0 Å². The maximum absolute atomic E-state index is 12.7. The van der Waals surface area contributed by atoms with Crippen molar-refractivity contribution in [3.05, 3.63) is 30.1 Å². The van der Waals surface area contributed by atoms with Crippen LogP contribution in [0.2, 0.25) is 0 Å². The first kappa shape index (κ1) is 22.3. The summed E-state index contributed by atoms with van der Waals surface area (Å²) < 4.78 is 2.21. The van der Waals surface area contributed by atoms with Crippen LogP contribution < -0.4 is 5.32 Å². The van der Waals surface area contributed by atoms with Gasteiger partial charge in [0.1, 0.15) is 5.82 Å². The number of amides is 2. The van der Waals surface area contributed by atoms with Gasteiger partial charge in [-0.3, -0.25) is 9.59 Å². The number of benzene rings is 1. The van der Waals surface area contributed by atoms with E-state index in [0.29, 0.717) is 32.4 Å². The number of hydrogen-bond acceptors (Lipinski definition) is 4. The van der Waals surface area contributed by atoms with Crippen LogP contribution in [-0.2, 0) is 22.6 Å². The van der Waals surface area contributed by atoms with E-state index in [2.05, 4.69) is 22.9 Å². The van der Waals surface area contributed by atoms with Crippen molar-refractivity contribution in [2.24, 2.45) is 5.92 Å². The van der Waals surface area contributed by atoms with Gasteiger partial charge in [0.2, 0.25) is 11.8 Å². The van der Waals surface area contributed by atoms with Crippen molar-refractivity contribution < 1.29 is 14.7 Å². The Hall–Kier alpha value is -2.41. The van der Waals surface area contributed by atoms with E-state index in [1.54, 1.807) is 0 Å². The number of aliphatic hydroxyl groups is 1. The highest BCUT2D eigenvalue weighted by atomic mass is 16.3. The second kappa shape index (κ2) is 10.1. The normalized spacial score (nSPS) is 19.8. The maximum atomic E-state index is 12.7. The maximum Gasteiger partial charge on any atom is 0.222 e. The molecule has 1 aliphatic rings. The van der Waals surface area contributed by atoms with Gasteiger partial charge >= 0.3 is 0 Å². The Bertz CT molecular complexity index is 876. The number of nitrogens with zero attached hydrogens (tertiary/aromatic N) is 3. The first-order chi connectivity index (χ1) is 14.4. The van der Waals surface area contributed by atoms with Gasteiger partial charge in [-0.25, -0.2) is 4.98 Å². The molecule has 0 unspecified atom stereocenters. The Morgan fingerprint density at radius 3 is 2.70 bits per heavy atom. The lowest BCUT2D eigenvalue weighted by molar-refractivity contribution is -0.131. The first-order valence-electron chi connectivity index (χ1n) is 11.1. The number of fused-ring (bicyclic) bond motifs is 1. The van der Waals surface area contributed by atoms with Crippen molar-refractivity contribution in [1.82, 2.24) is 19.8 Å². The SMILES string of the molecule is CCn1c(CCCC(=O)N2CC[C@H](NC(=O)C(C)C)[C@@H](O)CC2)nc2ccccc21. The molecule has 0 bridgehead atoms. The predicted molar refractivity (Wildman–Crippen MR) is 117 cm³/mol. The van der Waals surface area contributed by atoms with Crippen LogP contribution in [-0.4, -0.2) is 56.6 Å². The molecule has 0 spiro atoms. The molecule has 7 heteroatoms. The molecule has 2 N–H and O–H groups in total. The second-order valence-corrected chi connectivity index (χ2v) is 8.41. The molecule has 1 fully saturated rings. The zero-order valence-corrected chi connectivity index (χ0v) is 18.3. The van der Waals surface area contributed by atoms with Crippen LogP contribution in [0.1, 0.15) is 52.3 Å². The van der Waals surface area contributed by atoms with E-state index in [4.69, 9.17) is 4.98 Å². The molecule has 1 saturated heterocycles. The monoisotopic (exact) mass is 414 g/mol. The van der Waals surface area contributed by atoms with Crippen LogP contribution in [0.3, 0.4) is 0 Å². The third kappa shape index (κ3) is 5.19. The van der Waals surface area contributed by atoms with E-state index in [9.17, 15) is 14.7 Å². The van der Waals surface area contributed by atoms with Gasteiger partial charge in [-0.05, 0) is 38.3 Å². The highest BCUT2D eigenvalue weighted by Gasteiger charge is 2.28. The molecule has 1 aromatic carbocycles. The summed E-state index contributed by atoms with van der Waals surface area (Å²) in [6.07, 6.45) is 2.42. The summed E-state index contributed by atoms with van der Waals surface area (Å²) in [4.78, 5) is 31.3. The summed E-state index contributed by atoms with van der Waals surface area (Å²) in [6, 6.07) is 7.83. The first-order valence-corrected chi connectivity index (χ1v) is 11.1. The largest absolute Gasteiger partial charge is 0.391 e. The summed E-state index contributed by atoms with van der Waals surface area (Å²) in [7, 11) is 0. The zero-order valence-electron chi connectivity index (χ0n) is 18.3. The van der Waals surface area contributed by atoms with Crippen LogP contribution in [0.25, 0.3) is 11.0 Å². The van der Waals surface area contributed by atoms with Gasteiger partial charge in [0.15, 0.2) is 0 Å². The number of carbonyl (C=O) groups is 2. The molecule has 0 saturated carbocycles. The number of para-hydroxylation sites is 2. The number of nitrogens with one attached hydrogen (secondary N) is 1. The lowest BCUT2D eigenvalue weighted by Gasteiger charge is -2.22. The van der Waals surface area contributed by atoms with E-state index in [-0.39, 0.29) is 23.8 Å². The number of carbonyl (C=O) groups excluding carboxylic acids is 2. The lowest BCUT2D eigenvalue weighted by Crippen LogP contribution is -2.44. The summed E-state index contributed by atoms with van der Waals surface area (Å²) >= 11 is 0. The molecule has 2 amide bonds. The molecule has 7 nitrogen and oxygen atoms in total. The molecule has 1 aliphatic heterocycles. The summed E-state index contributed by atoms with van der Waals surface area (Å²) in [5, 5.41) is 13.3. The molecule has 1 aromatic heterocycles. The van der Waals surface area contributed by atoms with Gasteiger partial charge in [-0.2, -0.15) is 0 Å². The Morgan fingerprint density at radius 2 is 1.97 bits per heavy atom. The molecule has 2 heterocycles. The number of aliphatic hydroxyl groups excluding tert-OH is 1. The minimum absolute atomic E-state index is 0.0577. The van der Waals surface area contributed by atoms with Crippen molar-refractivity contribution in [3.8, 4) is 0 Å². The number of rotatable bonds is 7. The van der Waals surface area contributed by atoms with Gasteiger partial charge in [0, 0.05) is 38.4 Å². The zero-order chi connectivity index (χ0) is 21.7. The molecule has 3 rings (SSSR count). The van der Waals surface area contributed by atoms with Crippen molar-refractivity contribution in [3.63, 3.8) is 0 Å². The van der Waals surface area contributed by atoms with Crippen molar-refractivity contribution in [2.45, 2.75) is 71.6 Å². The summed E-state index contributed by atoms with van der Waals surface area (Å²) in [5.41, 5.74) is 2.13. The van der Waals surface area contributed by atoms with Crippen molar-refractivity contribution >= 4 is 22.8 Å². The topological polar surface area (TPSA) is 87.5 Å². The fourth-order valence-corrected chi connectivity index (χ4v) is 4.08. The Kier molecular flexibility index (Phi) is 7.48. The molecular formula is C23H34N4O3. The molecule has 0 aliphatic carbocycles. The third-order valence-electron chi connectivity index (χ3n) is 5.91. The van der Waals surface area contributed by atoms with Crippen LogP contribution in [0.5, 0.6) is 0 Å². The average molecular weight is 415 g/mol. The fourth-order valence-electron chi connectivity index (χ4n) is 4.08. The van der Waals surface area contributed by atoms with Crippen molar-refractivity contribution in [2.75, 3.05) is 13.1 Å². The van der Waals surface area contributed by atoms with Crippen LogP contribution >= 0.6 is 0 Å². The summed E-state index contributed by atoms with van der Waals surface area (Å²) in [5.74, 6) is 0.953. The molecule has 164 valence electrons. The van der Waals surface area contributed by atoms with E-state index in [0.717, 1.165) is 36.2 Å². The number of aromatic nitrogens is 2. The highest BCUT2D eigenvalue weighted by molar-refractivity contribution is 5.78. The number of likely N-dealkylation sites (tertiary alicyclic amines) is 1. The number of aryl methyl sites for hydroxylation is 2. The quantitative estimate of drug-likeness (QED) is 0.729. The van der Waals surface area contributed by atoms with Crippen LogP contribution in [0, 0.1) is 5.92 Å². The molecule has 2 atom stereocenters. The van der Waals surface area contributed by atoms with Crippen molar-refractivity contribution in [1.29, 1.82) is 0 Å². The minimum Gasteiger partial charge on any atom is -0.391 e. The lowest BCUT2D eigenvalue weighted by atomic mass is 10.1. The predicted octanol–water partition coefficient (Wildman–Crippen LogP) is 2.50. The standard InChI is InChI=1S/C23H34N4O3/c1-4-27-19-9-6-5-8-17(19)24-21(27)10-7-11-22(29)26-14-12-18(20(28)13-15-26)25-23(30)16(2)3/h5-6,8-9,16,18,20,28H,4,7,10-15H2,1-3H3,(H,25,30)/t18-,20-/m0/s1. The smallest absolute Gasteiger partial charge is 0.222 e. The van der Waals surface area contributed by atoms with Gasteiger partial charge in [0.05, 0.1) is 23.2 Å². The minimum atomic E-state index is -0.616. The van der Waals surface area contributed by atoms with E-state index >= 15 is 0 Å². The third-order valence-corrected chi connectivity index (χ3v) is 5.91. The van der Waals surface area contributed by atoms with Crippen LogP contribution in [0.15, 0.2) is 24.3 Å². The fraction of sp³-hybridized carbons (Fsp3) is 0.609. The Labute approximate surface area is 178 Å². The molecule has 0 radical (unpaired) electrons. The molecule has 2 aromatic rings. The highest BCUT2D eigenvalue weighted by Crippen LogP contribution is 2.18. The summed E-state index contributed by atoms with van der Waals surface area (Å²) in [6.45, 7) is 7.73. The molecule has 30 heavy (non-hydrogen) atoms. The van der Waals surface area contributed by atoms with Gasteiger partial charge in [-0.1, -0.05) is 26.0 Å². The van der Waals surface area contributed by atoms with Crippen LogP contribution in [0.4, 0.5) is 0 Å². The Balaban J connectivity index is 1.52. The average Bonchev–Trinajstić information content (AvgIpc) is 2.98. The van der Waals surface area contributed by atoms with E-state index < -0.39 is 6.10 Å². The van der Waals surface area contributed by atoms with Gasteiger partial charge in [0.25, 0.3) is 0 Å². The molecular weight excluding hydrogens is 380 g/mol. The van der Waals surface area contributed by atoms with Gasteiger partial charge < -0.3 is 19.9 Å².